The Kier molecular flexibility index (Phi) is 3.95. The maximum absolute atomic E-state index is 12.8. The highest BCUT2D eigenvalue weighted by Gasteiger charge is 2.29. The highest BCUT2D eigenvalue weighted by molar-refractivity contribution is 7.04. The number of aromatic nitrogens is 2. The molecule has 0 aliphatic carbocycles. The third kappa shape index (κ3) is 2.95. The Labute approximate surface area is 165 Å². The number of hydrogen-bond acceptors (Lipinski definition) is 4. The summed E-state index contributed by atoms with van der Waals surface area (Å²) < 4.78 is 3.95. The second kappa shape index (κ2) is 6.61. The molecular formula is C21H16N4O2S. The lowest BCUT2D eigenvalue weighted by molar-refractivity contribution is -0.116. The Bertz CT molecular complexity index is 1200. The average molecular weight is 388 g/mol. The molecule has 3 heterocycles. The second-order valence-electron chi connectivity index (χ2n) is 6.77. The number of anilines is 1. The Balaban J connectivity index is 1.36. The van der Waals surface area contributed by atoms with Crippen LogP contribution in [0.3, 0.4) is 0 Å². The van der Waals surface area contributed by atoms with Crippen LogP contribution in [0.2, 0.25) is 0 Å². The van der Waals surface area contributed by atoms with Crippen molar-refractivity contribution in [3.63, 3.8) is 0 Å². The molecule has 2 aromatic heterocycles. The van der Waals surface area contributed by atoms with Crippen molar-refractivity contribution < 1.29 is 9.59 Å². The molecule has 6 nitrogen and oxygen atoms in total. The molecule has 2 N–H and O–H groups in total. The zero-order chi connectivity index (χ0) is 19.1. The SMILES string of the molecule is O=C(CN1Cc2ccc(-c3ccc4[nH]ccc4c3)cc2C1=O)Nc1cnsc1. The number of fused-ring (bicyclic) bond motifs is 2. The Hall–Kier alpha value is -3.45. The van der Waals surface area contributed by atoms with Gasteiger partial charge >= 0.3 is 0 Å². The topological polar surface area (TPSA) is 78.1 Å². The number of carbonyl (C=O) groups is 2. The van der Waals surface area contributed by atoms with Crippen LogP contribution in [0.25, 0.3) is 22.0 Å². The summed E-state index contributed by atoms with van der Waals surface area (Å²) in [5.74, 6) is -0.336. The molecular weight excluding hydrogens is 372 g/mol. The third-order valence-corrected chi connectivity index (χ3v) is 5.51. The minimum atomic E-state index is -0.223. The molecule has 5 rings (SSSR count). The van der Waals surface area contributed by atoms with Crippen molar-refractivity contribution in [2.45, 2.75) is 6.54 Å². The molecule has 0 unspecified atom stereocenters. The van der Waals surface area contributed by atoms with Crippen LogP contribution in [0.1, 0.15) is 15.9 Å². The molecule has 0 saturated carbocycles. The van der Waals surface area contributed by atoms with E-state index in [0.717, 1.165) is 27.6 Å². The largest absolute Gasteiger partial charge is 0.361 e. The number of carbonyl (C=O) groups excluding carboxylic acids is 2. The molecule has 0 saturated heterocycles. The molecule has 1 aliphatic heterocycles. The summed E-state index contributed by atoms with van der Waals surface area (Å²) in [7, 11) is 0. The number of benzene rings is 2. The molecule has 28 heavy (non-hydrogen) atoms. The highest BCUT2D eigenvalue weighted by Crippen LogP contribution is 2.30. The molecule has 1 aliphatic rings. The first kappa shape index (κ1) is 16.7. The van der Waals surface area contributed by atoms with E-state index in [-0.39, 0.29) is 18.4 Å². The van der Waals surface area contributed by atoms with Gasteiger partial charge in [0.1, 0.15) is 6.54 Å². The van der Waals surface area contributed by atoms with E-state index in [1.54, 1.807) is 16.5 Å². The quantitative estimate of drug-likeness (QED) is 0.557. The molecule has 0 spiro atoms. The Morgan fingerprint density at radius 1 is 1.18 bits per heavy atom. The first-order valence-corrected chi connectivity index (χ1v) is 9.70. The summed E-state index contributed by atoms with van der Waals surface area (Å²) >= 11 is 1.27. The lowest BCUT2D eigenvalue weighted by Gasteiger charge is -2.14. The van der Waals surface area contributed by atoms with Gasteiger partial charge in [0.15, 0.2) is 0 Å². The molecule has 7 heteroatoms. The molecule has 138 valence electrons. The fourth-order valence-corrected chi connectivity index (χ4v) is 4.01. The van der Waals surface area contributed by atoms with Gasteiger partial charge in [-0.3, -0.25) is 9.59 Å². The molecule has 0 radical (unpaired) electrons. The van der Waals surface area contributed by atoms with Crippen molar-refractivity contribution >= 4 is 39.9 Å². The monoisotopic (exact) mass is 388 g/mol. The van der Waals surface area contributed by atoms with Gasteiger partial charge in [-0.2, -0.15) is 4.37 Å². The van der Waals surface area contributed by atoms with Crippen molar-refractivity contribution in [1.82, 2.24) is 14.3 Å². The van der Waals surface area contributed by atoms with Gasteiger partial charge in [0, 0.05) is 29.2 Å². The minimum absolute atomic E-state index is 0.0218. The summed E-state index contributed by atoms with van der Waals surface area (Å²) in [6.45, 7) is 0.467. The maximum atomic E-state index is 12.8. The van der Waals surface area contributed by atoms with Gasteiger partial charge in [0.05, 0.1) is 11.9 Å². The van der Waals surface area contributed by atoms with Crippen LogP contribution >= 0.6 is 11.5 Å². The zero-order valence-corrected chi connectivity index (χ0v) is 15.6. The van der Waals surface area contributed by atoms with Crippen LogP contribution in [-0.4, -0.2) is 32.6 Å². The fraction of sp³-hybridized carbons (Fsp3) is 0.0952. The summed E-state index contributed by atoms with van der Waals surface area (Å²) in [6.07, 6.45) is 3.51. The van der Waals surface area contributed by atoms with Crippen LogP contribution in [-0.2, 0) is 11.3 Å². The van der Waals surface area contributed by atoms with Crippen LogP contribution < -0.4 is 5.32 Å². The van der Waals surface area contributed by atoms with E-state index in [4.69, 9.17) is 0 Å². The van der Waals surface area contributed by atoms with E-state index in [1.807, 2.05) is 42.6 Å². The lowest BCUT2D eigenvalue weighted by Crippen LogP contribution is -2.33. The number of nitrogens with one attached hydrogen (secondary N) is 2. The van der Waals surface area contributed by atoms with Crippen molar-refractivity contribution in [2.75, 3.05) is 11.9 Å². The average Bonchev–Trinajstić information content (AvgIpc) is 3.43. The number of nitrogens with zero attached hydrogens (tertiary/aromatic N) is 2. The first-order chi connectivity index (χ1) is 13.7. The van der Waals surface area contributed by atoms with E-state index in [0.29, 0.717) is 17.8 Å². The predicted molar refractivity (Wildman–Crippen MR) is 109 cm³/mol. The van der Waals surface area contributed by atoms with Crippen LogP contribution in [0.5, 0.6) is 0 Å². The van der Waals surface area contributed by atoms with Crippen molar-refractivity contribution in [3.8, 4) is 11.1 Å². The van der Waals surface area contributed by atoms with Crippen molar-refractivity contribution in [1.29, 1.82) is 0 Å². The predicted octanol–water partition coefficient (Wildman–Crippen LogP) is 3.89. The van der Waals surface area contributed by atoms with E-state index >= 15 is 0 Å². The molecule has 2 amide bonds. The summed E-state index contributed by atoms with van der Waals surface area (Å²) in [5, 5.41) is 5.65. The minimum Gasteiger partial charge on any atom is -0.361 e. The van der Waals surface area contributed by atoms with Gasteiger partial charge in [-0.1, -0.05) is 18.2 Å². The van der Waals surface area contributed by atoms with Gasteiger partial charge in [0.2, 0.25) is 5.91 Å². The Morgan fingerprint density at radius 3 is 2.89 bits per heavy atom. The molecule has 0 fully saturated rings. The van der Waals surface area contributed by atoms with E-state index in [2.05, 4.69) is 20.7 Å². The second-order valence-corrected chi connectivity index (χ2v) is 7.43. The normalized spacial score (nSPS) is 13.1. The van der Waals surface area contributed by atoms with E-state index in [9.17, 15) is 9.59 Å². The summed E-state index contributed by atoms with van der Waals surface area (Å²) in [6, 6.07) is 14.1. The number of amides is 2. The number of rotatable bonds is 4. The van der Waals surface area contributed by atoms with Crippen LogP contribution in [0.15, 0.2) is 60.2 Å². The van der Waals surface area contributed by atoms with E-state index < -0.39 is 0 Å². The third-order valence-electron chi connectivity index (χ3n) is 4.93. The van der Waals surface area contributed by atoms with Crippen molar-refractivity contribution in [3.05, 3.63) is 71.4 Å². The molecule has 2 aromatic carbocycles. The van der Waals surface area contributed by atoms with Gasteiger partial charge in [-0.25, -0.2) is 0 Å². The van der Waals surface area contributed by atoms with Gasteiger partial charge in [-0.15, -0.1) is 0 Å². The highest BCUT2D eigenvalue weighted by atomic mass is 32.1. The summed E-state index contributed by atoms with van der Waals surface area (Å²) in [4.78, 5) is 29.8. The van der Waals surface area contributed by atoms with Crippen LogP contribution in [0, 0.1) is 0 Å². The number of H-pyrrole nitrogens is 1. The first-order valence-electron chi connectivity index (χ1n) is 8.86. The smallest absolute Gasteiger partial charge is 0.254 e. The van der Waals surface area contributed by atoms with Crippen molar-refractivity contribution in [2.24, 2.45) is 0 Å². The standard InChI is InChI=1S/C21H16N4O2S/c26-20(24-17-9-23-28-12-17)11-25-10-16-2-1-14(8-18(16)21(25)27)13-3-4-19-15(7-13)5-6-22-19/h1-9,12,22H,10-11H2,(H,24,26). The zero-order valence-electron chi connectivity index (χ0n) is 14.8. The lowest BCUT2D eigenvalue weighted by atomic mass is 9.99. The van der Waals surface area contributed by atoms with Gasteiger partial charge < -0.3 is 15.2 Å². The summed E-state index contributed by atoms with van der Waals surface area (Å²) in [5.41, 5.74) is 5.40. The Morgan fingerprint density at radius 2 is 2.04 bits per heavy atom. The van der Waals surface area contributed by atoms with E-state index in [1.165, 1.54) is 11.5 Å². The maximum Gasteiger partial charge on any atom is 0.254 e. The molecule has 0 bridgehead atoms. The van der Waals surface area contributed by atoms with Gasteiger partial charge in [0.25, 0.3) is 5.91 Å². The van der Waals surface area contributed by atoms with Gasteiger partial charge in [-0.05, 0) is 57.9 Å². The molecule has 4 aromatic rings. The fourth-order valence-electron chi connectivity index (χ4n) is 3.54. The molecule has 0 atom stereocenters. The number of hydrogen-bond donors (Lipinski definition) is 2. The van der Waals surface area contributed by atoms with Crippen LogP contribution in [0.4, 0.5) is 5.69 Å². The number of aromatic amines is 1.